The van der Waals surface area contributed by atoms with Gasteiger partial charge in [-0.05, 0) is 67.5 Å². The van der Waals surface area contributed by atoms with Gasteiger partial charge in [0.2, 0.25) is 0 Å². The third-order valence-electron chi connectivity index (χ3n) is 5.49. The monoisotopic (exact) mass is 380 g/mol. The first-order valence-corrected chi connectivity index (χ1v) is 10.4. The van der Waals surface area contributed by atoms with Gasteiger partial charge >= 0.3 is 0 Å². The Bertz CT molecular complexity index is 755. The first-order valence-electron chi connectivity index (χ1n) is 10.4. The van der Waals surface area contributed by atoms with Gasteiger partial charge in [0, 0.05) is 18.8 Å². The van der Waals surface area contributed by atoms with Gasteiger partial charge in [-0.25, -0.2) is 0 Å². The molecular formula is C24H32N2O2. The number of carbonyl (C=O) groups excluding carboxylic acids is 1. The minimum atomic E-state index is -0.110. The van der Waals surface area contributed by atoms with E-state index in [9.17, 15) is 4.79 Å². The molecule has 150 valence electrons. The highest BCUT2D eigenvalue weighted by Crippen LogP contribution is 2.24. The summed E-state index contributed by atoms with van der Waals surface area (Å²) in [6, 6.07) is 16.4. The van der Waals surface area contributed by atoms with Crippen molar-refractivity contribution in [2.75, 3.05) is 24.6 Å². The molecule has 0 unspecified atom stereocenters. The molecule has 2 aromatic rings. The van der Waals surface area contributed by atoms with Gasteiger partial charge in [0.1, 0.15) is 5.75 Å². The van der Waals surface area contributed by atoms with Gasteiger partial charge in [-0.2, -0.15) is 0 Å². The van der Waals surface area contributed by atoms with Crippen LogP contribution in [0.5, 0.6) is 5.75 Å². The molecule has 4 heteroatoms. The highest BCUT2D eigenvalue weighted by Gasteiger charge is 2.17. The van der Waals surface area contributed by atoms with E-state index < -0.39 is 0 Å². The molecule has 1 fully saturated rings. The molecule has 0 aromatic heterocycles. The minimum Gasteiger partial charge on any atom is -0.484 e. The van der Waals surface area contributed by atoms with Gasteiger partial charge in [-0.3, -0.25) is 4.79 Å². The van der Waals surface area contributed by atoms with E-state index in [0.29, 0.717) is 0 Å². The highest BCUT2D eigenvalue weighted by molar-refractivity contribution is 5.78. The van der Waals surface area contributed by atoms with Gasteiger partial charge < -0.3 is 15.0 Å². The lowest BCUT2D eigenvalue weighted by Crippen LogP contribution is -2.34. The topological polar surface area (TPSA) is 41.6 Å². The van der Waals surface area contributed by atoms with Crippen LogP contribution in [0.1, 0.15) is 50.8 Å². The lowest BCUT2D eigenvalue weighted by atomic mass is 9.99. The predicted octanol–water partition coefficient (Wildman–Crippen LogP) is 4.74. The Morgan fingerprint density at radius 2 is 1.89 bits per heavy atom. The van der Waals surface area contributed by atoms with Crippen molar-refractivity contribution >= 4 is 11.6 Å². The van der Waals surface area contributed by atoms with Crippen molar-refractivity contribution in [3.8, 4) is 5.75 Å². The molecule has 1 N–H and O–H groups in total. The van der Waals surface area contributed by atoms with Gasteiger partial charge in [-0.1, -0.05) is 38.1 Å². The number of ether oxygens (including phenoxy) is 1. The second kappa shape index (κ2) is 9.63. The largest absolute Gasteiger partial charge is 0.484 e. The van der Waals surface area contributed by atoms with Gasteiger partial charge in [0.25, 0.3) is 5.91 Å². The zero-order chi connectivity index (χ0) is 19.9. The molecule has 1 heterocycles. The Labute approximate surface area is 168 Å². The van der Waals surface area contributed by atoms with E-state index in [1.807, 2.05) is 31.2 Å². The van der Waals surface area contributed by atoms with Crippen molar-refractivity contribution in [2.45, 2.75) is 46.1 Å². The van der Waals surface area contributed by atoms with Crippen LogP contribution in [0.15, 0.2) is 48.5 Å². The average molecular weight is 381 g/mol. The summed E-state index contributed by atoms with van der Waals surface area (Å²) < 4.78 is 5.59. The first-order chi connectivity index (χ1) is 13.5. The average Bonchev–Trinajstić information content (AvgIpc) is 2.72. The maximum absolute atomic E-state index is 12.2. The molecule has 0 aliphatic carbocycles. The Morgan fingerprint density at radius 3 is 2.54 bits per heavy atom. The number of benzene rings is 2. The van der Waals surface area contributed by atoms with E-state index in [-0.39, 0.29) is 18.6 Å². The van der Waals surface area contributed by atoms with Crippen molar-refractivity contribution in [2.24, 2.45) is 5.92 Å². The standard InChI is InChI=1S/C24H32N2O2/c1-4-20-7-13-23(14-8-20)28-17-24(27)25-19(3)21-9-11-22(12-10-21)26-15-5-6-18(2)16-26/h7-14,18-19H,4-6,15-17H2,1-3H3,(H,25,27)/t18-,19+/m0/s1. The van der Waals surface area contributed by atoms with Crippen LogP contribution in [-0.4, -0.2) is 25.6 Å². The van der Waals surface area contributed by atoms with E-state index in [4.69, 9.17) is 4.74 Å². The number of rotatable bonds is 7. The number of anilines is 1. The van der Waals surface area contributed by atoms with E-state index in [1.54, 1.807) is 0 Å². The third kappa shape index (κ3) is 5.51. The zero-order valence-electron chi connectivity index (χ0n) is 17.3. The normalized spacial score (nSPS) is 17.8. The smallest absolute Gasteiger partial charge is 0.258 e. The fraction of sp³-hybridized carbons (Fsp3) is 0.458. The molecule has 1 saturated heterocycles. The Morgan fingerprint density at radius 1 is 1.18 bits per heavy atom. The second-order valence-electron chi connectivity index (χ2n) is 7.86. The molecule has 28 heavy (non-hydrogen) atoms. The first kappa shape index (κ1) is 20.2. The molecular weight excluding hydrogens is 348 g/mol. The number of carbonyl (C=O) groups is 1. The number of amides is 1. The number of piperidine rings is 1. The summed E-state index contributed by atoms with van der Waals surface area (Å²) in [6.07, 6.45) is 3.58. The Hall–Kier alpha value is -2.49. The summed E-state index contributed by atoms with van der Waals surface area (Å²) in [6.45, 7) is 8.73. The molecule has 0 radical (unpaired) electrons. The summed E-state index contributed by atoms with van der Waals surface area (Å²) in [5.74, 6) is 1.37. The van der Waals surface area contributed by atoms with Crippen LogP contribution in [0, 0.1) is 5.92 Å². The number of nitrogens with one attached hydrogen (secondary N) is 1. The van der Waals surface area contributed by atoms with Gasteiger partial charge in [0.15, 0.2) is 6.61 Å². The SMILES string of the molecule is CCc1ccc(OCC(=O)N[C@H](C)c2ccc(N3CCC[C@H](C)C3)cc2)cc1. The molecule has 1 aliphatic rings. The molecule has 0 spiro atoms. The van der Waals surface area contributed by atoms with Crippen LogP contribution < -0.4 is 15.0 Å². The van der Waals surface area contributed by atoms with Crippen LogP contribution in [-0.2, 0) is 11.2 Å². The number of hydrogen-bond acceptors (Lipinski definition) is 3. The molecule has 4 nitrogen and oxygen atoms in total. The van der Waals surface area contributed by atoms with E-state index in [2.05, 4.69) is 48.3 Å². The molecule has 0 bridgehead atoms. The van der Waals surface area contributed by atoms with Gasteiger partial charge in [0.05, 0.1) is 6.04 Å². The molecule has 0 saturated carbocycles. The lowest BCUT2D eigenvalue weighted by Gasteiger charge is -2.33. The Kier molecular flexibility index (Phi) is 6.96. The number of nitrogens with zero attached hydrogens (tertiary/aromatic N) is 1. The summed E-state index contributed by atoms with van der Waals surface area (Å²) in [5, 5.41) is 3.02. The summed E-state index contributed by atoms with van der Waals surface area (Å²) in [4.78, 5) is 14.7. The molecule has 2 aromatic carbocycles. The molecule has 2 atom stereocenters. The van der Waals surface area contributed by atoms with E-state index in [1.165, 1.54) is 24.1 Å². The minimum absolute atomic E-state index is 0.0273. The number of hydrogen-bond donors (Lipinski definition) is 1. The zero-order valence-corrected chi connectivity index (χ0v) is 17.3. The lowest BCUT2D eigenvalue weighted by molar-refractivity contribution is -0.123. The van der Waals surface area contributed by atoms with Crippen molar-refractivity contribution in [3.05, 3.63) is 59.7 Å². The van der Waals surface area contributed by atoms with Crippen molar-refractivity contribution in [3.63, 3.8) is 0 Å². The summed E-state index contributed by atoms with van der Waals surface area (Å²) >= 11 is 0. The summed E-state index contributed by atoms with van der Waals surface area (Å²) in [5.41, 5.74) is 3.63. The maximum atomic E-state index is 12.2. The van der Waals surface area contributed by atoms with E-state index >= 15 is 0 Å². The second-order valence-corrected chi connectivity index (χ2v) is 7.86. The predicted molar refractivity (Wildman–Crippen MR) is 115 cm³/mol. The third-order valence-corrected chi connectivity index (χ3v) is 5.49. The molecule has 3 rings (SSSR count). The van der Waals surface area contributed by atoms with Crippen LogP contribution in [0.2, 0.25) is 0 Å². The molecule has 1 amide bonds. The van der Waals surface area contributed by atoms with E-state index in [0.717, 1.165) is 36.7 Å². The Balaban J connectivity index is 1.49. The molecule has 1 aliphatic heterocycles. The summed E-state index contributed by atoms with van der Waals surface area (Å²) in [7, 11) is 0. The maximum Gasteiger partial charge on any atom is 0.258 e. The quantitative estimate of drug-likeness (QED) is 0.754. The van der Waals surface area contributed by atoms with Crippen molar-refractivity contribution < 1.29 is 9.53 Å². The van der Waals surface area contributed by atoms with Crippen LogP contribution in [0.3, 0.4) is 0 Å². The van der Waals surface area contributed by atoms with Gasteiger partial charge in [-0.15, -0.1) is 0 Å². The van der Waals surface area contributed by atoms with Crippen molar-refractivity contribution in [1.29, 1.82) is 0 Å². The van der Waals surface area contributed by atoms with Crippen LogP contribution in [0.4, 0.5) is 5.69 Å². The van der Waals surface area contributed by atoms with Crippen molar-refractivity contribution in [1.82, 2.24) is 5.32 Å². The fourth-order valence-corrected chi connectivity index (χ4v) is 3.73. The van der Waals surface area contributed by atoms with Crippen LogP contribution in [0.25, 0.3) is 0 Å². The van der Waals surface area contributed by atoms with Crippen LogP contribution >= 0.6 is 0 Å². The fourth-order valence-electron chi connectivity index (χ4n) is 3.73. The highest BCUT2D eigenvalue weighted by atomic mass is 16.5. The number of aryl methyl sites for hydroxylation is 1.